The molecular formula is C11H8Cl2O. The lowest BCUT2D eigenvalue weighted by atomic mass is 9.92. The van der Waals surface area contributed by atoms with Crippen LogP contribution in [0.2, 0.25) is 0 Å². The molecule has 2 fully saturated rings. The first-order valence-electron chi connectivity index (χ1n) is 4.83. The fourth-order valence-corrected chi connectivity index (χ4v) is 3.92. The summed E-state index contributed by atoms with van der Waals surface area (Å²) in [6.45, 7) is 0. The molecular weight excluding hydrogens is 219 g/mol. The Bertz CT molecular complexity index is 392. The highest BCUT2D eigenvalue weighted by Gasteiger charge is 2.77. The van der Waals surface area contributed by atoms with Crippen LogP contribution >= 0.6 is 23.2 Å². The van der Waals surface area contributed by atoms with Gasteiger partial charge in [-0.05, 0) is 11.1 Å². The van der Waals surface area contributed by atoms with Gasteiger partial charge in [-0.1, -0.05) is 24.3 Å². The highest BCUT2D eigenvalue weighted by atomic mass is 35.5. The molecule has 0 unspecified atom stereocenters. The molecule has 1 saturated heterocycles. The normalized spacial score (nSPS) is 44.7. The average molecular weight is 227 g/mol. The van der Waals surface area contributed by atoms with E-state index in [0.717, 1.165) is 0 Å². The second-order valence-corrected chi connectivity index (χ2v) is 5.78. The van der Waals surface area contributed by atoms with Gasteiger partial charge in [-0.3, -0.25) is 0 Å². The van der Waals surface area contributed by atoms with Crippen molar-refractivity contribution in [2.45, 2.75) is 16.5 Å². The van der Waals surface area contributed by atoms with E-state index in [2.05, 4.69) is 12.1 Å². The molecule has 1 aromatic carbocycles. The van der Waals surface area contributed by atoms with Gasteiger partial charge in [0.25, 0.3) is 0 Å². The van der Waals surface area contributed by atoms with Crippen molar-refractivity contribution in [3.05, 3.63) is 35.4 Å². The number of hydrogen-bond donors (Lipinski definition) is 0. The predicted octanol–water partition coefficient (Wildman–Crippen LogP) is 3.23. The molecule has 3 aliphatic rings. The van der Waals surface area contributed by atoms with Gasteiger partial charge in [0.1, 0.15) is 4.33 Å². The van der Waals surface area contributed by atoms with Crippen molar-refractivity contribution < 1.29 is 4.74 Å². The van der Waals surface area contributed by atoms with E-state index in [4.69, 9.17) is 27.9 Å². The maximum atomic E-state index is 6.21. The molecule has 72 valence electrons. The zero-order valence-corrected chi connectivity index (χ0v) is 8.79. The molecule has 1 aliphatic carbocycles. The van der Waals surface area contributed by atoms with E-state index in [0.29, 0.717) is 11.8 Å². The summed E-state index contributed by atoms with van der Waals surface area (Å²) < 4.78 is 5.34. The highest BCUT2D eigenvalue weighted by Crippen LogP contribution is 2.78. The van der Waals surface area contributed by atoms with Gasteiger partial charge in [0.05, 0.1) is 12.2 Å². The Morgan fingerprint density at radius 2 is 1.50 bits per heavy atom. The minimum atomic E-state index is -0.535. The molecule has 2 bridgehead atoms. The number of benzene rings is 1. The molecule has 0 amide bonds. The van der Waals surface area contributed by atoms with Crippen LogP contribution in [0.1, 0.15) is 23.3 Å². The summed E-state index contributed by atoms with van der Waals surface area (Å²) in [7, 11) is 0. The van der Waals surface area contributed by atoms with E-state index in [9.17, 15) is 0 Å². The molecule has 0 radical (unpaired) electrons. The Morgan fingerprint density at radius 1 is 1.00 bits per heavy atom. The smallest absolute Gasteiger partial charge is 0.130 e. The van der Waals surface area contributed by atoms with Crippen LogP contribution in [-0.2, 0) is 4.74 Å². The van der Waals surface area contributed by atoms with Crippen LogP contribution in [0.5, 0.6) is 0 Å². The molecule has 0 spiro atoms. The Hall–Kier alpha value is -0.240. The number of rotatable bonds is 0. The van der Waals surface area contributed by atoms with Gasteiger partial charge in [0.15, 0.2) is 0 Å². The summed E-state index contributed by atoms with van der Waals surface area (Å²) in [4.78, 5) is 0. The number of ether oxygens (including phenoxy) is 1. The molecule has 2 heterocycles. The highest BCUT2D eigenvalue weighted by molar-refractivity contribution is 6.51. The number of hydrogen-bond acceptors (Lipinski definition) is 1. The topological polar surface area (TPSA) is 9.23 Å². The minimum Gasteiger partial charge on any atom is -0.365 e. The van der Waals surface area contributed by atoms with Crippen LogP contribution < -0.4 is 0 Å². The molecule has 3 heteroatoms. The summed E-state index contributed by atoms with van der Waals surface area (Å²) in [6.07, 6.45) is 0.299. The van der Waals surface area contributed by atoms with Crippen LogP contribution in [0, 0.1) is 11.8 Å². The number of halogens is 2. The Morgan fingerprint density at radius 3 is 2.00 bits per heavy atom. The van der Waals surface area contributed by atoms with E-state index >= 15 is 0 Å². The Kier molecular flexibility index (Phi) is 1.22. The van der Waals surface area contributed by atoms with E-state index < -0.39 is 4.33 Å². The van der Waals surface area contributed by atoms with Crippen LogP contribution in [0.15, 0.2) is 24.3 Å². The van der Waals surface area contributed by atoms with Gasteiger partial charge in [0, 0.05) is 11.8 Å². The molecule has 0 N–H and O–H groups in total. The molecule has 1 saturated carbocycles. The first kappa shape index (κ1) is 7.98. The summed E-state index contributed by atoms with van der Waals surface area (Å²) >= 11 is 12.4. The first-order chi connectivity index (χ1) is 6.71. The SMILES string of the molecule is ClC1(Cl)[C@@H]2[C@H]1[C@@H]1O[C@@H]2c2ccccc21. The van der Waals surface area contributed by atoms with Gasteiger partial charge in [-0.25, -0.2) is 0 Å². The lowest BCUT2D eigenvalue weighted by Gasteiger charge is -2.11. The summed E-state index contributed by atoms with van der Waals surface area (Å²) in [5.41, 5.74) is 2.59. The van der Waals surface area contributed by atoms with Crippen molar-refractivity contribution in [1.82, 2.24) is 0 Å². The van der Waals surface area contributed by atoms with Crippen LogP contribution in [0.25, 0.3) is 0 Å². The summed E-state index contributed by atoms with van der Waals surface area (Å²) in [6, 6.07) is 8.34. The van der Waals surface area contributed by atoms with Gasteiger partial charge in [-0.2, -0.15) is 0 Å². The maximum absolute atomic E-state index is 6.21. The zero-order chi connectivity index (χ0) is 9.50. The van der Waals surface area contributed by atoms with E-state index in [1.54, 1.807) is 0 Å². The Labute approximate surface area is 92.0 Å². The van der Waals surface area contributed by atoms with Crippen molar-refractivity contribution >= 4 is 23.2 Å². The Balaban J connectivity index is 1.91. The lowest BCUT2D eigenvalue weighted by molar-refractivity contribution is 0.0373. The van der Waals surface area contributed by atoms with Gasteiger partial charge >= 0.3 is 0 Å². The van der Waals surface area contributed by atoms with E-state index in [1.165, 1.54) is 11.1 Å². The van der Waals surface area contributed by atoms with Gasteiger partial charge in [0.2, 0.25) is 0 Å². The molecule has 1 nitrogen and oxygen atoms in total. The molecule has 4 atom stereocenters. The second kappa shape index (κ2) is 2.13. The lowest BCUT2D eigenvalue weighted by Crippen LogP contribution is -2.05. The zero-order valence-electron chi connectivity index (χ0n) is 7.28. The third-order valence-corrected chi connectivity index (χ3v) is 4.73. The van der Waals surface area contributed by atoms with E-state index in [1.807, 2.05) is 12.1 Å². The number of fused-ring (bicyclic) bond motifs is 8. The predicted molar refractivity (Wildman–Crippen MR) is 54.4 cm³/mol. The van der Waals surface area contributed by atoms with Crippen molar-refractivity contribution in [1.29, 1.82) is 0 Å². The van der Waals surface area contributed by atoms with E-state index in [-0.39, 0.29) is 12.2 Å². The summed E-state index contributed by atoms with van der Waals surface area (Å²) in [5, 5.41) is 0. The van der Waals surface area contributed by atoms with Gasteiger partial charge in [-0.15, -0.1) is 23.2 Å². The van der Waals surface area contributed by atoms with Crippen LogP contribution in [0.3, 0.4) is 0 Å². The van der Waals surface area contributed by atoms with Crippen LogP contribution in [-0.4, -0.2) is 4.33 Å². The van der Waals surface area contributed by atoms with Gasteiger partial charge < -0.3 is 4.74 Å². The third kappa shape index (κ3) is 0.680. The van der Waals surface area contributed by atoms with Crippen molar-refractivity contribution in [3.8, 4) is 0 Å². The molecule has 14 heavy (non-hydrogen) atoms. The molecule has 0 aromatic heterocycles. The first-order valence-corrected chi connectivity index (χ1v) is 5.59. The largest absolute Gasteiger partial charge is 0.365 e. The maximum Gasteiger partial charge on any atom is 0.130 e. The van der Waals surface area contributed by atoms with Crippen molar-refractivity contribution in [2.75, 3.05) is 0 Å². The molecule has 4 rings (SSSR count). The minimum absolute atomic E-state index is 0.149. The van der Waals surface area contributed by atoms with Crippen LogP contribution in [0.4, 0.5) is 0 Å². The fraction of sp³-hybridized carbons (Fsp3) is 0.455. The fourth-order valence-electron chi connectivity index (χ4n) is 3.05. The monoisotopic (exact) mass is 226 g/mol. The number of alkyl halides is 2. The quantitative estimate of drug-likeness (QED) is 0.618. The second-order valence-electron chi connectivity index (χ2n) is 4.33. The van der Waals surface area contributed by atoms with Crippen molar-refractivity contribution in [2.24, 2.45) is 11.8 Å². The third-order valence-electron chi connectivity index (χ3n) is 3.72. The summed E-state index contributed by atoms with van der Waals surface area (Å²) in [5.74, 6) is 0.650. The molecule has 2 aliphatic heterocycles. The molecule has 1 aromatic rings. The standard InChI is InChI=1S/C11H8Cl2O/c12-11(13)7-8(11)10-6-4-2-1-3-5(6)9(7)14-10/h1-4,7-10H/t7-,8+,9-,10-/m1/s1. The average Bonchev–Trinajstić information content (AvgIpc) is 2.58. The van der Waals surface area contributed by atoms with Crippen molar-refractivity contribution in [3.63, 3.8) is 0 Å².